The number of nitrogens with two attached hydrogens (primary N) is 1. The van der Waals surface area contributed by atoms with E-state index in [4.69, 9.17) is 5.73 Å². The second-order valence-electron chi connectivity index (χ2n) is 6.55. The van der Waals surface area contributed by atoms with E-state index in [1.54, 1.807) is 0 Å². The van der Waals surface area contributed by atoms with Crippen LogP contribution in [0.15, 0.2) is 12.4 Å². The highest BCUT2D eigenvalue weighted by Crippen LogP contribution is 2.41. The van der Waals surface area contributed by atoms with E-state index in [1.165, 1.54) is 25.1 Å². The molecule has 1 aromatic rings. The molecule has 4 nitrogen and oxygen atoms in total. The smallest absolute Gasteiger partial charge is 0.122 e. The first kappa shape index (κ1) is 13.1. The summed E-state index contributed by atoms with van der Waals surface area (Å²) in [5.74, 6) is 2.73. The Morgan fingerprint density at radius 1 is 1.42 bits per heavy atom. The zero-order valence-corrected chi connectivity index (χ0v) is 12.2. The van der Waals surface area contributed by atoms with Crippen LogP contribution in [-0.4, -0.2) is 33.1 Å². The van der Waals surface area contributed by atoms with Crippen LogP contribution >= 0.6 is 0 Å². The molecule has 0 aromatic carbocycles. The van der Waals surface area contributed by atoms with Gasteiger partial charge in [0.05, 0.1) is 6.54 Å². The number of nitrogens with zero attached hydrogens (tertiary/aromatic N) is 3. The summed E-state index contributed by atoms with van der Waals surface area (Å²) in [7, 11) is 0. The summed E-state index contributed by atoms with van der Waals surface area (Å²) in [6.45, 7) is 8.67. The molecule has 19 heavy (non-hydrogen) atoms. The van der Waals surface area contributed by atoms with Gasteiger partial charge >= 0.3 is 0 Å². The van der Waals surface area contributed by atoms with Gasteiger partial charge in [-0.1, -0.05) is 13.8 Å². The molecule has 2 heterocycles. The van der Waals surface area contributed by atoms with Gasteiger partial charge < -0.3 is 10.3 Å². The topological polar surface area (TPSA) is 47.1 Å². The first-order chi connectivity index (χ1) is 9.15. The molecule has 3 rings (SSSR count). The van der Waals surface area contributed by atoms with E-state index in [0.717, 1.165) is 32.1 Å². The van der Waals surface area contributed by atoms with Crippen LogP contribution in [0.25, 0.3) is 0 Å². The van der Waals surface area contributed by atoms with Crippen LogP contribution in [0.3, 0.4) is 0 Å². The summed E-state index contributed by atoms with van der Waals surface area (Å²) in [6, 6.07) is 0. The fourth-order valence-corrected chi connectivity index (χ4v) is 4.14. The molecule has 0 saturated heterocycles. The molecule has 0 amide bonds. The maximum atomic E-state index is 6.23. The van der Waals surface area contributed by atoms with Gasteiger partial charge in [0.2, 0.25) is 0 Å². The minimum atomic E-state index is 0.198. The third kappa shape index (κ3) is 2.11. The molecule has 1 aliphatic carbocycles. The molecule has 1 saturated carbocycles. The van der Waals surface area contributed by atoms with Crippen LogP contribution in [0.5, 0.6) is 0 Å². The lowest BCUT2D eigenvalue weighted by molar-refractivity contribution is -0.0184. The number of fused-ring (bicyclic) bond motifs is 1. The normalized spacial score (nSPS) is 36.2. The lowest BCUT2D eigenvalue weighted by Crippen LogP contribution is -2.61. The first-order valence-corrected chi connectivity index (χ1v) is 7.61. The van der Waals surface area contributed by atoms with Crippen molar-refractivity contribution in [2.24, 2.45) is 17.6 Å². The van der Waals surface area contributed by atoms with Crippen molar-refractivity contribution in [3.8, 4) is 0 Å². The van der Waals surface area contributed by atoms with Gasteiger partial charge in [-0.05, 0) is 31.1 Å². The van der Waals surface area contributed by atoms with Crippen LogP contribution in [0.4, 0.5) is 0 Å². The lowest BCUT2D eigenvalue weighted by Gasteiger charge is -2.52. The van der Waals surface area contributed by atoms with Gasteiger partial charge in [-0.3, -0.25) is 4.90 Å². The Labute approximate surface area is 116 Å². The number of rotatable bonds is 2. The summed E-state index contributed by atoms with van der Waals surface area (Å²) >= 11 is 0. The molecular weight excluding hydrogens is 236 g/mol. The van der Waals surface area contributed by atoms with Crippen LogP contribution < -0.4 is 5.73 Å². The minimum absolute atomic E-state index is 0.198. The zero-order valence-electron chi connectivity index (χ0n) is 12.2. The molecule has 106 valence electrons. The molecule has 0 radical (unpaired) electrons. The summed E-state index contributed by atoms with van der Waals surface area (Å²) in [4.78, 5) is 7.10. The quantitative estimate of drug-likeness (QED) is 0.885. The molecule has 0 bridgehead atoms. The lowest BCUT2D eigenvalue weighted by atomic mass is 9.68. The molecule has 3 unspecified atom stereocenters. The highest BCUT2D eigenvalue weighted by atomic mass is 15.3. The second-order valence-corrected chi connectivity index (χ2v) is 6.55. The average Bonchev–Trinajstić information content (AvgIpc) is 2.87. The van der Waals surface area contributed by atoms with E-state index in [1.807, 2.05) is 6.20 Å². The number of hydrogen-bond acceptors (Lipinski definition) is 3. The van der Waals surface area contributed by atoms with Crippen molar-refractivity contribution in [3.63, 3.8) is 0 Å². The van der Waals surface area contributed by atoms with Crippen molar-refractivity contribution in [2.45, 2.75) is 51.7 Å². The van der Waals surface area contributed by atoms with Gasteiger partial charge in [0.15, 0.2) is 0 Å². The maximum Gasteiger partial charge on any atom is 0.122 e. The molecule has 1 aliphatic heterocycles. The summed E-state index contributed by atoms with van der Waals surface area (Å²) in [5.41, 5.74) is 6.43. The van der Waals surface area contributed by atoms with Crippen LogP contribution in [0.1, 0.15) is 38.9 Å². The molecule has 4 heteroatoms. The predicted octanol–water partition coefficient (Wildman–Crippen LogP) is 1.85. The third-order valence-electron chi connectivity index (χ3n) is 5.47. The zero-order chi connectivity index (χ0) is 13.5. The van der Waals surface area contributed by atoms with E-state index in [0.29, 0.717) is 5.92 Å². The Bertz CT molecular complexity index is 441. The number of imidazole rings is 1. The largest absolute Gasteiger partial charge is 0.333 e. The summed E-state index contributed by atoms with van der Waals surface area (Å²) in [5, 5.41) is 0. The van der Waals surface area contributed by atoms with Crippen molar-refractivity contribution in [1.29, 1.82) is 0 Å². The van der Waals surface area contributed by atoms with Crippen LogP contribution in [-0.2, 0) is 13.1 Å². The summed E-state index contributed by atoms with van der Waals surface area (Å²) < 4.78 is 2.27. The van der Waals surface area contributed by atoms with Crippen molar-refractivity contribution in [1.82, 2.24) is 14.5 Å². The Morgan fingerprint density at radius 2 is 2.26 bits per heavy atom. The predicted molar refractivity (Wildman–Crippen MR) is 76.6 cm³/mol. The highest BCUT2D eigenvalue weighted by molar-refractivity contribution is 5.04. The molecule has 1 aromatic heterocycles. The Kier molecular flexibility index (Phi) is 3.39. The fourth-order valence-electron chi connectivity index (χ4n) is 4.14. The molecule has 2 aliphatic rings. The molecule has 0 spiro atoms. The van der Waals surface area contributed by atoms with Gasteiger partial charge in [-0.25, -0.2) is 4.98 Å². The van der Waals surface area contributed by atoms with Gasteiger partial charge in [0, 0.05) is 37.6 Å². The van der Waals surface area contributed by atoms with Crippen molar-refractivity contribution < 1.29 is 0 Å². The van der Waals surface area contributed by atoms with Gasteiger partial charge in [-0.15, -0.1) is 0 Å². The van der Waals surface area contributed by atoms with E-state index in [9.17, 15) is 0 Å². The SMILES string of the molecule is CC1CCC(CN)(N2CCn3ccnc3C2)C(C)C1. The van der Waals surface area contributed by atoms with E-state index in [2.05, 4.69) is 34.5 Å². The van der Waals surface area contributed by atoms with E-state index in [-0.39, 0.29) is 5.54 Å². The van der Waals surface area contributed by atoms with Crippen LogP contribution in [0, 0.1) is 11.8 Å². The van der Waals surface area contributed by atoms with E-state index < -0.39 is 0 Å². The fraction of sp³-hybridized carbons (Fsp3) is 0.800. The molecule has 1 fully saturated rings. The number of aromatic nitrogens is 2. The number of hydrogen-bond donors (Lipinski definition) is 1. The average molecular weight is 262 g/mol. The third-order valence-corrected chi connectivity index (χ3v) is 5.47. The monoisotopic (exact) mass is 262 g/mol. The molecule has 2 N–H and O–H groups in total. The second kappa shape index (κ2) is 4.91. The minimum Gasteiger partial charge on any atom is -0.333 e. The maximum absolute atomic E-state index is 6.23. The standard InChI is InChI=1S/C15H26N4/c1-12-3-4-15(11-16,13(2)9-12)19-8-7-18-6-5-17-14(18)10-19/h5-6,12-13H,3-4,7-11,16H2,1-2H3. The van der Waals surface area contributed by atoms with Gasteiger partial charge in [0.25, 0.3) is 0 Å². The Balaban J connectivity index is 1.83. The Morgan fingerprint density at radius 3 is 3.00 bits per heavy atom. The van der Waals surface area contributed by atoms with Crippen molar-refractivity contribution in [3.05, 3.63) is 18.2 Å². The van der Waals surface area contributed by atoms with Crippen molar-refractivity contribution in [2.75, 3.05) is 13.1 Å². The van der Waals surface area contributed by atoms with Gasteiger partial charge in [-0.2, -0.15) is 0 Å². The van der Waals surface area contributed by atoms with E-state index >= 15 is 0 Å². The van der Waals surface area contributed by atoms with Crippen LogP contribution in [0.2, 0.25) is 0 Å². The first-order valence-electron chi connectivity index (χ1n) is 7.61. The highest BCUT2D eigenvalue weighted by Gasteiger charge is 2.44. The summed E-state index contributed by atoms with van der Waals surface area (Å²) in [6.07, 6.45) is 7.87. The molecule has 3 atom stereocenters. The Hall–Kier alpha value is -0.870. The van der Waals surface area contributed by atoms with Crippen molar-refractivity contribution >= 4 is 0 Å². The van der Waals surface area contributed by atoms with Gasteiger partial charge in [0.1, 0.15) is 5.82 Å². The molecular formula is C15H26N4.